The van der Waals surface area contributed by atoms with Crippen molar-refractivity contribution in [3.63, 3.8) is 0 Å². The Balaban J connectivity index is 0.000000287. The molecule has 0 saturated heterocycles. The standard InChI is InChI=1S/C13H12FN5O2S.C7H7ClN4/c1-2-16-12-9(7-15)8-17-13(19-12)18-10-3-5-11(6-4-10)22(14,20)21;1-2-10-6-5(3-9)4-11-7(8)12-6/h3-6,8H,2H2,1H3,(H2,16,17,18,19);4H,2H2,1H3,(H,10,11,12). The van der Waals surface area contributed by atoms with Crippen LogP contribution in [0, 0.1) is 22.7 Å². The zero-order valence-corrected chi connectivity index (χ0v) is 19.6. The molecular weight excluding hydrogens is 485 g/mol. The van der Waals surface area contributed by atoms with E-state index in [1.807, 2.05) is 26.0 Å². The minimum atomic E-state index is -4.72. The molecule has 3 N–H and O–H groups in total. The summed E-state index contributed by atoms with van der Waals surface area (Å²) >= 11 is 5.54. The van der Waals surface area contributed by atoms with Gasteiger partial charge in [0, 0.05) is 18.8 Å². The number of benzene rings is 1. The number of rotatable bonds is 7. The van der Waals surface area contributed by atoms with Crippen molar-refractivity contribution >= 4 is 45.1 Å². The Labute approximate surface area is 200 Å². The smallest absolute Gasteiger partial charge is 0.332 e. The van der Waals surface area contributed by atoms with Gasteiger partial charge in [0.15, 0.2) is 0 Å². The fraction of sp³-hybridized carbons (Fsp3) is 0.200. The number of halogens is 2. The Bertz CT molecular complexity index is 1320. The zero-order valence-electron chi connectivity index (χ0n) is 18.0. The van der Waals surface area contributed by atoms with Gasteiger partial charge in [-0.1, -0.05) is 0 Å². The number of anilines is 4. The van der Waals surface area contributed by atoms with E-state index in [-0.39, 0.29) is 11.2 Å². The van der Waals surface area contributed by atoms with Crippen molar-refractivity contribution in [1.82, 2.24) is 19.9 Å². The van der Waals surface area contributed by atoms with Crippen LogP contribution in [0.15, 0.2) is 41.6 Å². The van der Waals surface area contributed by atoms with Gasteiger partial charge in [-0.15, -0.1) is 3.89 Å². The second kappa shape index (κ2) is 12.2. The molecule has 0 unspecified atom stereocenters. The predicted molar refractivity (Wildman–Crippen MR) is 125 cm³/mol. The second-order valence-electron chi connectivity index (χ2n) is 6.23. The number of aromatic nitrogens is 4. The van der Waals surface area contributed by atoms with E-state index in [0.717, 1.165) is 12.1 Å². The van der Waals surface area contributed by atoms with E-state index in [9.17, 15) is 12.3 Å². The van der Waals surface area contributed by atoms with E-state index in [1.54, 1.807) is 0 Å². The molecule has 2 aromatic heterocycles. The molecule has 2 heterocycles. The van der Waals surface area contributed by atoms with Gasteiger partial charge in [0.25, 0.3) is 0 Å². The monoisotopic (exact) mass is 503 g/mol. The van der Waals surface area contributed by atoms with Crippen LogP contribution < -0.4 is 16.0 Å². The highest BCUT2D eigenvalue weighted by Gasteiger charge is 2.11. The largest absolute Gasteiger partial charge is 0.369 e. The van der Waals surface area contributed by atoms with Crippen molar-refractivity contribution in [2.75, 3.05) is 29.0 Å². The summed E-state index contributed by atoms with van der Waals surface area (Å²) in [5, 5.41) is 26.4. The van der Waals surface area contributed by atoms with E-state index in [4.69, 9.17) is 22.1 Å². The Kier molecular flexibility index (Phi) is 9.43. The third kappa shape index (κ3) is 7.51. The molecule has 0 fully saturated rings. The van der Waals surface area contributed by atoms with E-state index in [0.29, 0.717) is 41.5 Å². The molecule has 11 nitrogen and oxygen atoms in total. The Hall–Kier alpha value is -4.07. The lowest BCUT2D eigenvalue weighted by Crippen LogP contribution is -2.06. The number of nitrogens with one attached hydrogen (secondary N) is 3. The summed E-state index contributed by atoms with van der Waals surface area (Å²) in [6.07, 6.45) is 2.76. The molecule has 0 aliphatic carbocycles. The van der Waals surface area contributed by atoms with Crippen molar-refractivity contribution in [3.8, 4) is 12.1 Å². The summed E-state index contributed by atoms with van der Waals surface area (Å²) in [6, 6.07) is 8.98. The van der Waals surface area contributed by atoms with Crippen molar-refractivity contribution in [2.24, 2.45) is 0 Å². The molecular formula is C20H19ClFN9O2S. The molecule has 0 radical (unpaired) electrons. The van der Waals surface area contributed by atoms with Crippen LogP contribution in [0.1, 0.15) is 25.0 Å². The lowest BCUT2D eigenvalue weighted by molar-refractivity contribution is 0.552. The van der Waals surface area contributed by atoms with Crippen LogP contribution in [0.25, 0.3) is 0 Å². The minimum absolute atomic E-state index is 0.143. The predicted octanol–water partition coefficient (Wildman–Crippen LogP) is 3.62. The number of hydrogen-bond acceptors (Lipinski definition) is 11. The van der Waals surface area contributed by atoms with Crippen LogP contribution in [0.2, 0.25) is 5.28 Å². The molecule has 176 valence electrons. The van der Waals surface area contributed by atoms with E-state index in [1.165, 1.54) is 24.5 Å². The second-order valence-corrected chi connectivity index (χ2v) is 7.91. The fourth-order valence-corrected chi connectivity index (χ4v) is 2.99. The topological polar surface area (TPSA) is 169 Å². The third-order valence-electron chi connectivity index (χ3n) is 3.87. The van der Waals surface area contributed by atoms with Gasteiger partial charge in [-0.3, -0.25) is 0 Å². The third-order valence-corrected chi connectivity index (χ3v) is 4.89. The molecule has 0 spiro atoms. The van der Waals surface area contributed by atoms with Gasteiger partial charge < -0.3 is 16.0 Å². The Morgan fingerprint density at radius 3 is 1.97 bits per heavy atom. The highest BCUT2D eigenvalue weighted by atomic mass is 35.5. The molecule has 0 aliphatic rings. The molecule has 0 atom stereocenters. The first-order valence-corrected chi connectivity index (χ1v) is 11.5. The molecule has 14 heteroatoms. The van der Waals surface area contributed by atoms with Crippen molar-refractivity contribution in [2.45, 2.75) is 18.7 Å². The summed E-state index contributed by atoms with van der Waals surface area (Å²) < 4.78 is 34.3. The van der Waals surface area contributed by atoms with Gasteiger partial charge in [-0.2, -0.15) is 28.9 Å². The first kappa shape index (κ1) is 26.2. The zero-order chi connectivity index (χ0) is 25.1. The highest BCUT2D eigenvalue weighted by molar-refractivity contribution is 7.86. The minimum Gasteiger partial charge on any atom is -0.369 e. The molecule has 0 amide bonds. The Morgan fingerprint density at radius 1 is 0.941 bits per heavy atom. The van der Waals surface area contributed by atoms with Crippen LogP contribution in [0.4, 0.5) is 27.2 Å². The van der Waals surface area contributed by atoms with E-state index < -0.39 is 15.1 Å². The summed E-state index contributed by atoms with van der Waals surface area (Å²) in [4.78, 5) is 15.2. The van der Waals surface area contributed by atoms with Gasteiger partial charge in [0.05, 0.1) is 17.3 Å². The maximum absolute atomic E-state index is 12.8. The quantitative estimate of drug-likeness (QED) is 0.317. The molecule has 34 heavy (non-hydrogen) atoms. The lowest BCUT2D eigenvalue weighted by atomic mass is 10.3. The summed E-state index contributed by atoms with van der Waals surface area (Å²) in [7, 11) is -4.72. The van der Waals surface area contributed by atoms with Gasteiger partial charge >= 0.3 is 10.2 Å². The van der Waals surface area contributed by atoms with Crippen LogP contribution in [0.5, 0.6) is 0 Å². The normalized spacial score (nSPS) is 10.2. The first-order valence-electron chi connectivity index (χ1n) is 9.71. The SMILES string of the molecule is CCNc1nc(Cl)ncc1C#N.CCNc1nc(Nc2ccc(S(=O)(=O)F)cc2)ncc1C#N. The van der Waals surface area contributed by atoms with Gasteiger partial charge in [0.1, 0.15) is 34.9 Å². The molecule has 0 saturated carbocycles. The molecule has 1 aromatic carbocycles. The summed E-state index contributed by atoms with van der Waals surface area (Å²) in [5.74, 6) is 1.11. The first-order chi connectivity index (χ1) is 16.2. The highest BCUT2D eigenvalue weighted by Crippen LogP contribution is 2.20. The van der Waals surface area contributed by atoms with Gasteiger partial charge in [0.2, 0.25) is 11.2 Å². The maximum Gasteiger partial charge on any atom is 0.332 e. The van der Waals surface area contributed by atoms with Crippen molar-refractivity contribution in [1.29, 1.82) is 10.5 Å². The van der Waals surface area contributed by atoms with Crippen molar-refractivity contribution < 1.29 is 12.3 Å². The Morgan fingerprint density at radius 2 is 1.47 bits per heavy atom. The molecule has 0 aliphatic heterocycles. The fourth-order valence-electron chi connectivity index (χ4n) is 2.40. The van der Waals surface area contributed by atoms with Crippen LogP contribution in [0.3, 0.4) is 0 Å². The number of hydrogen-bond donors (Lipinski definition) is 3. The average Bonchev–Trinajstić information content (AvgIpc) is 2.80. The molecule has 3 rings (SSSR count). The molecule has 3 aromatic rings. The average molecular weight is 504 g/mol. The summed E-state index contributed by atoms with van der Waals surface area (Å²) in [5.41, 5.74) is 1.20. The number of nitrogens with zero attached hydrogens (tertiary/aromatic N) is 6. The summed E-state index contributed by atoms with van der Waals surface area (Å²) in [6.45, 7) is 5.07. The molecule has 0 bridgehead atoms. The van der Waals surface area contributed by atoms with Gasteiger partial charge in [-0.05, 0) is 49.7 Å². The van der Waals surface area contributed by atoms with Gasteiger partial charge in [-0.25, -0.2) is 9.97 Å². The van der Waals surface area contributed by atoms with E-state index in [2.05, 4.69) is 35.9 Å². The van der Waals surface area contributed by atoms with Crippen LogP contribution in [-0.2, 0) is 10.2 Å². The maximum atomic E-state index is 12.8. The lowest BCUT2D eigenvalue weighted by Gasteiger charge is -2.08. The number of nitriles is 2. The van der Waals surface area contributed by atoms with Crippen LogP contribution >= 0.6 is 11.6 Å². The van der Waals surface area contributed by atoms with Crippen LogP contribution in [-0.4, -0.2) is 41.4 Å². The van der Waals surface area contributed by atoms with Crippen molar-refractivity contribution in [3.05, 3.63) is 53.1 Å². The van der Waals surface area contributed by atoms with E-state index >= 15 is 0 Å².